The number of aliphatic hydroxyl groups is 1. The number of hydrogen-bond donors (Lipinski definition) is 2. The number of likely N-dealkylation sites (tertiary alicyclic amines) is 1. The summed E-state index contributed by atoms with van der Waals surface area (Å²) in [6.45, 7) is 1.83. The maximum absolute atomic E-state index is 10.9. The van der Waals surface area contributed by atoms with Gasteiger partial charge in [0.1, 0.15) is 0 Å². The lowest BCUT2D eigenvalue weighted by atomic mass is 9.98. The lowest BCUT2D eigenvalue weighted by Gasteiger charge is -2.35. The van der Waals surface area contributed by atoms with E-state index in [1.165, 1.54) is 5.56 Å². The van der Waals surface area contributed by atoms with Crippen molar-refractivity contribution < 1.29 is 15.0 Å². The Morgan fingerprint density at radius 1 is 1.21 bits per heavy atom. The molecule has 1 aromatic rings. The van der Waals surface area contributed by atoms with Crippen LogP contribution in [0.25, 0.3) is 0 Å². The van der Waals surface area contributed by atoms with Gasteiger partial charge in [0.2, 0.25) is 0 Å². The molecule has 1 fully saturated rings. The van der Waals surface area contributed by atoms with Crippen LogP contribution in [0.1, 0.15) is 36.8 Å². The Labute approximate surface area is 113 Å². The lowest BCUT2D eigenvalue weighted by molar-refractivity contribution is -0.138. The molecule has 0 aromatic heterocycles. The molecule has 2 N–H and O–H groups in total. The number of carboxylic acids is 1. The van der Waals surface area contributed by atoms with Gasteiger partial charge in [0.25, 0.3) is 0 Å². The van der Waals surface area contributed by atoms with Gasteiger partial charge in [-0.3, -0.25) is 9.69 Å². The molecular weight excluding hydrogens is 242 g/mol. The zero-order valence-corrected chi connectivity index (χ0v) is 11.1. The molecule has 2 rings (SSSR count). The van der Waals surface area contributed by atoms with Crippen LogP contribution in [0.4, 0.5) is 0 Å². The van der Waals surface area contributed by atoms with Crippen molar-refractivity contribution in [2.24, 2.45) is 0 Å². The zero-order valence-electron chi connectivity index (χ0n) is 11.1. The maximum atomic E-state index is 10.9. The molecule has 0 radical (unpaired) electrons. The number of aliphatic hydroxyl groups excluding tert-OH is 1. The first kappa shape index (κ1) is 14.0. The second-order valence-electron chi connectivity index (χ2n) is 5.19. The van der Waals surface area contributed by atoms with Crippen LogP contribution in [0.15, 0.2) is 24.3 Å². The molecule has 1 aliphatic rings. The van der Waals surface area contributed by atoms with Gasteiger partial charge in [-0.15, -0.1) is 0 Å². The van der Waals surface area contributed by atoms with Crippen LogP contribution in [-0.2, 0) is 17.9 Å². The molecule has 1 aliphatic heterocycles. The van der Waals surface area contributed by atoms with E-state index in [0.717, 1.165) is 37.9 Å². The quantitative estimate of drug-likeness (QED) is 0.853. The number of benzene rings is 1. The number of nitrogens with zero attached hydrogens (tertiary/aromatic N) is 1. The molecule has 0 saturated carbocycles. The van der Waals surface area contributed by atoms with Gasteiger partial charge in [-0.05, 0) is 30.5 Å². The highest BCUT2D eigenvalue weighted by Gasteiger charge is 2.24. The summed E-state index contributed by atoms with van der Waals surface area (Å²) in [4.78, 5) is 13.2. The van der Waals surface area contributed by atoms with Crippen molar-refractivity contribution in [3.05, 3.63) is 35.4 Å². The summed E-state index contributed by atoms with van der Waals surface area (Å²) in [5, 5.41) is 18.0. The number of carbonyl (C=O) groups is 1. The monoisotopic (exact) mass is 263 g/mol. The van der Waals surface area contributed by atoms with E-state index >= 15 is 0 Å². The van der Waals surface area contributed by atoms with Crippen LogP contribution < -0.4 is 0 Å². The molecule has 0 aliphatic carbocycles. The molecular formula is C15H21NO3. The minimum absolute atomic E-state index is 0.0611. The number of hydrogen-bond acceptors (Lipinski definition) is 3. The molecule has 1 unspecified atom stereocenters. The number of carboxylic acid groups (broad SMARTS) is 1. The highest BCUT2D eigenvalue weighted by molar-refractivity contribution is 5.67. The summed E-state index contributed by atoms with van der Waals surface area (Å²) in [6, 6.07) is 8.02. The Hall–Kier alpha value is -1.39. The summed E-state index contributed by atoms with van der Waals surface area (Å²) in [7, 11) is 0. The predicted molar refractivity (Wildman–Crippen MR) is 72.7 cm³/mol. The van der Waals surface area contributed by atoms with E-state index in [9.17, 15) is 4.79 Å². The van der Waals surface area contributed by atoms with E-state index in [4.69, 9.17) is 10.2 Å². The Kier molecular flexibility index (Phi) is 4.93. The smallest absolute Gasteiger partial charge is 0.304 e. The van der Waals surface area contributed by atoms with Crippen LogP contribution in [0, 0.1) is 0 Å². The van der Waals surface area contributed by atoms with Crippen molar-refractivity contribution >= 4 is 5.97 Å². The molecule has 0 amide bonds. The van der Waals surface area contributed by atoms with E-state index in [2.05, 4.69) is 4.90 Å². The SMILES string of the molecule is O=C(O)CC1CCCCN1Cc1ccc(CO)cc1. The minimum atomic E-state index is -0.715. The molecule has 19 heavy (non-hydrogen) atoms. The van der Waals surface area contributed by atoms with Gasteiger partial charge in [0, 0.05) is 12.6 Å². The third kappa shape index (κ3) is 4.04. The first-order valence-electron chi connectivity index (χ1n) is 6.83. The molecule has 0 spiro atoms. The van der Waals surface area contributed by atoms with Crippen molar-refractivity contribution in [2.45, 2.75) is 44.9 Å². The highest BCUT2D eigenvalue weighted by atomic mass is 16.4. The molecule has 4 heteroatoms. The Balaban J connectivity index is 1.99. The van der Waals surface area contributed by atoms with Crippen molar-refractivity contribution in [1.29, 1.82) is 0 Å². The van der Waals surface area contributed by atoms with Gasteiger partial charge >= 0.3 is 5.97 Å². The van der Waals surface area contributed by atoms with Crippen LogP contribution in [0.5, 0.6) is 0 Å². The van der Waals surface area contributed by atoms with E-state index in [1.54, 1.807) is 0 Å². The predicted octanol–water partition coefficient (Wildman–Crippen LogP) is 2.01. The van der Waals surface area contributed by atoms with Crippen molar-refractivity contribution in [3.63, 3.8) is 0 Å². The second-order valence-corrected chi connectivity index (χ2v) is 5.19. The summed E-state index contributed by atoms with van der Waals surface area (Å²) in [6.07, 6.45) is 3.47. The fourth-order valence-corrected chi connectivity index (χ4v) is 2.69. The maximum Gasteiger partial charge on any atom is 0.304 e. The zero-order chi connectivity index (χ0) is 13.7. The van der Waals surface area contributed by atoms with Gasteiger partial charge in [0.15, 0.2) is 0 Å². The lowest BCUT2D eigenvalue weighted by Crippen LogP contribution is -2.40. The Morgan fingerprint density at radius 2 is 1.89 bits per heavy atom. The standard InChI is InChI=1S/C15H21NO3/c17-11-13-6-4-12(5-7-13)10-16-8-2-1-3-14(16)9-15(18)19/h4-7,14,17H,1-3,8-11H2,(H,18,19). The summed E-state index contributed by atoms with van der Waals surface area (Å²) >= 11 is 0. The highest BCUT2D eigenvalue weighted by Crippen LogP contribution is 2.22. The fraction of sp³-hybridized carbons (Fsp3) is 0.533. The van der Waals surface area contributed by atoms with Crippen LogP contribution in [-0.4, -0.2) is 33.7 Å². The molecule has 0 bridgehead atoms. The second kappa shape index (κ2) is 6.68. The number of piperidine rings is 1. The van der Waals surface area contributed by atoms with E-state index < -0.39 is 5.97 Å². The van der Waals surface area contributed by atoms with Gasteiger partial charge in [-0.1, -0.05) is 30.7 Å². The summed E-state index contributed by atoms with van der Waals surface area (Å²) < 4.78 is 0. The number of aliphatic carboxylic acids is 1. The average Bonchev–Trinajstić information content (AvgIpc) is 2.41. The first-order chi connectivity index (χ1) is 9.19. The topological polar surface area (TPSA) is 60.8 Å². The van der Waals surface area contributed by atoms with Crippen molar-refractivity contribution in [2.75, 3.05) is 6.54 Å². The molecule has 1 aromatic carbocycles. The van der Waals surface area contributed by atoms with E-state index in [-0.39, 0.29) is 19.1 Å². The van der Waals surface area contributed by atoms with E-state index in [0.29, 0.717) is 0 Å². The largest absolute Gasteiger partial charge is 0.481 e. The summed E-state index contributed by atoms with van der Waals surface area (Å²) in [5.41, 5.74) is 2.08. The van der Waals surface area contributed by atoms with Gasteiger partial charge in [0.05, 0.1) is 13.0 Å². The van der Waals surface area contributed by atoms with Crippen LogP contribution in [0.3, 0.4) is 0 Å². The van der Waals surface area contributed by atoms with Crippen molar-refractivity contribution in [3.8, 4) is 0 Å². The first-order valence-corrected chi connectivity index (χ1v) is 6.83. The molecule has 1 atom stereocenters. The third-order valence-electron chi connectivity index (χ3n) is 3.75. The fourth-order valence-electron chi connectivity index (χ4n) is 2.69. The minimum Gasteiger partial charge on any atom is -0.481 e. The van der Waals surface area contributed by atoms with E-state index in [1.807, 2.05) is 24.3 Å². The molecule has 4 nitrogen and oxygen atoms in total. The Bertz CT molecular complexity index is 416. The van der Waals surface area contributed by atoms with Crippen molar-refractivity contribution in [1.82, 2.24) is 4.90 Å². The third-order valence-corrected chi connectivity index (χ3v) is 3.75. The molecule has 1 saturated heterocycles. The Morgan fingerprint density at radius 3 is 2.53 bits per heavy atom. The molecule has 1 heterocycles. The van der Waals surface area contributed by atoms with Gasteiger partial charge in [-0.25, -0.2) is 0 Å². The molecule has 104 valence electrons. The van der Waals surface area contributed by atoms with Gasteiger partial charge < -0.3 is 10.2 Å². The average molecular weight is 263 g/mol. The number of rotatable bonds is 5. The summed E-state index contributed by atoms with van der Waals surface area (Å²) in [5.74, 6) is -0.715. The van der Waals surface area contributed by atoms with Crippen LogP contribution in [0.2, 0.25) is 0 Å². The van der Waals surface area contributed by atoms with Gasteiger partial charge in [-0.2, -0.15) is 0 Å². The normalized spacial score (nSPS) is 20.4. The van der Waals surface area contributed by atoms with Crippen LogP contribution >= 0.6 is 0 Å².